The summed E-state index contributed by atoms with van der Waals surface area (Å²) in [6.45, 7) is 5.05. The lowest BCUT2D eigenvalue weighted by Crippen LogP contribution is -2.38. The Balaban J connectivity index is 1.72. The van der Waals surface area contributed by atoms with Crippen molar-refractivity contribution in [3.63, 3.8) is 0 Å². The largest absolute Gasteiger partial charge is 0.378 e. The Hall–Kier alpha value is -2.22. The van der Waals surface area contributed by atoms with Crippen LogP contribution < -0.4 is 10.2 Å². The number of amides is 1. The molecule has 1 aliphatic heterocycles. The van der Waals surface area contributed by atoms with Crippen LogP contribution in [0.2, 0.25) is 5.02 Å². The van der Waals surface area contributed by atoms with Gasteiger partial charge in [-0.15, -0.1) is 0 Å². The van der Waals surface area contributed by atoms with Crippen molar-refractivity contribution in [3.05, 3.63) is 52.3 Å². The van der Waals surface area contributed by atoms with E-state index in [9.17, 15) is 4.79 Å². The molecule has 1 aliphatic rings. The first-order valence-corrected chi connectivity index (χ1v) is 9.70. The molecule has 0 unspecified atom stereocenters. The second-order valence-electron chi connectivity index (χ2n) is 7.04. The van der Waals surface area contributed by atoms with Crippen LogP contribution in [0.1, 0.15) is 27.8 Å². The number of halogens is 1. The summed E-state index contributed by atoms with van der Waals surface area (Å²) in [5, 5.41) is 3.68. The molecule has 0 saturated carbocycles. The van der Waals surface area contributed by atoms with E-state index in [2.05, 4.69) is 20.2 Å². The Bertz CT molecular complexity index is 824. The summed E-state index contributed by atoms with van der Waals surface area (Å²) in [7, 11) is 3.95. The van der Waals surface area contributed by atoms with Gasteiger partial charge < -0.3 is 19.9 Å². The van der Waals surface area contributed by atoms with Gasteiger partial charge in [-0.1, -0.05) is 23.7 Å². The van der Waals surface area contributed by atoms with Crippen molar-refractivity contribution in [3.8, 4) is 0 Å². The Morgan fingerprint density at radius 1 is 1.29 bits per heavy atom. The lowest BCUT2D eigenvalue weighted by molar-refractivity contribution is 0.0936. The maximum Gasteiger partial charge on any atom is 0.270 e. The van der Waals surface area contributed by atoms with E-state index in [0.29, 0.717) is 36.4 Å². The second kappa shape index (κ2) is 9.32. The highest BCUT2D eigenvalue weighted by Gasteiger charge is 2.19. The number of anilines is 1. The molecule has 1 atom stereocenters. The van der Waals surface area contributed by atoms with Gasteiger partial charge in [0.1, 0.15) is 5.69 Å². The van der Waals surface area contributed by atoms with Gasteiger partial charge >= 0.3 is 0 Å². The molecule has 1 aromatic heterocycles. The highest BCUT2D eigenvalue weighted by atomic mass is 35.5. The van der Waals surface area contributed by atoms with Gasteiger partial charge in [0.05, 0.1) is 19.3 Å². The van der Waals surface area contributed by atoms with Crippen LogP contribution in [0.15, 0.2) is 30.3 Å². The molecule has 2 heterocycles. The molecule has 3 rings (SSSR count). The van der Waals surface area contributed by atoms with Gasteiger partial charge in [0.25, 0.3) is 5.91 Å². The van der Waals surface area contributed by atoms with Crippen LogP contribution in [0.4, 0.5) is 5.95 Å². The third kappa shape index (κ3) is 5.19. The first kappa shape index (κ1) is 20.5. The van der Waals surface area contributed by atoms with E-state index in [1.165, 1.54) is 0 Å². The number of carbonyl (C=O) groups is 1. The number of morpholine rings is 1. The van der Waals surface area contributed by atoms with E-state index < -0.39 is 0 Å². The standard InChI is InChI=1S/C20H26ClN5O2/c1-14-11-17(24-20(23-14)26-7-9-28-10-8-26)19(27)22-13-18(25(2)3)15-5-4-6-16(21)12-15/h4-6,11-12,18H,7-10,13H2,1-3H3,(H,22,27)/t18-/m0/s1. The van der Waals surface area contributed by atoms with E-state index in [1.807, 2.05) is 50.2 Å². The lowest BCUT2D eigenvalue weighted by Gasteiger charge is -2.27. The molecule has 1 fully saturated rings. The van der Waals surface area contributed by atoms with Crippen LogP contribution in [-0.4, -0.2) is 67.7 Å². The van der Waals surface area contributed by atoms with Crippen molar-refractivity contribution < 1.29 is 9.53 Å². The Labute approximate surface area is 170 Å². The fourth-order valence-corrected chi connectivity index (χ4v) is 3.37. The summed E-state index contributed by atoms with van der Waals surface area (Å²) < 4.78 is 5.38. The number of aryl methyl sites for hydroxylation is 1. The molecule has 0 radical (unpaired) electrons. The first-order chi connectivity index (χ1) is 13.4. The minimum atomic E-state index is -0.214. The number of hydrogen-bond acceptors (Lipinski definition) is 6. The van der Waals surface area contributed by atoms with Gasteiger partial charge in [-0.05, 0) is 44.8 Å². The molecule has 150 valence electrons. The molecule has 1 N–H and O–H groups in total. The van der Waals surface area contributed by atoms with E-state index in [1.54, 1.807) is 6.07 Å². The average molecular weight is 404 g/mol. The zero-order chi connectivity index (χ0) is 20.1. The quantitative estimate of drug-likeness (QED) is 0.798. The molecule has 1 amide bonds. The summed E-state index contributed by atoms with van der Waals surface area (Å²) in [5.74, 6) is 0.362. The fourth-order valence-electron chi connectivity index (χ4n) is 3.17. The van der Waals surface area contributed by atoms with Crippen molar-refractivity contribution in [2.45, 2.75) is 13.0 Å². The second-order valence-corrected chi connectivity index (χ2v) is 7.47. The molecule has 7 nitrogen and oxygen atoms in total. The first-order valence-electron chi connectivity index (χ1n) is 9.32. The fraction of sp³-hybridized carbons (Fsp3) is 0.450. The summed E-state index contributed by atoms with van der Waals surface area (Å²) in [6.07, 6.45) is 0. The van der Waals surface area contributed by atoms with Crippen LogP contribution in [0, 0.1) is 6.92 Å². The number of aromatic nitrogens is 2. The van der Waals surface area contributed by atoms with Crippen molar-refractivity contribution in [1.82, 2.24) is 20.2 Å². The van der Waals surface area contributed by atoms with Gasteiger partial charge in [-0.25, -0.2) is 9.97 Å². The molecule has 1 aromatic carbocycles. The van der Waals surface area contributed by atoms with Crippen molar-refractivity contribution in [2.75, 3.05) is 51.8 Å². The normalized spacial score (nSPS) is 15.5. The number of rotatable bonds is 6. The summed E-state index contributed by atoms with van der Waals surface area (Å²) in [4.78, 5) is 25.8. The Morgan fingerprint density at radius 2 is 2.04 bits per heavy atom. The third-order valence-corrected chi connectivity index (χ3v) is 4.92. The van der Waals surface area contributed by atoms with Crippen LogP contribution in [0.3, 0.4) is 0 Å². The molecule has 28 heavy (non-hydrogen) atoms. The topological polar surface area (TPSA) is 70.6 Å². The third-order valence-electron chi connectivity index (χ3n) is 4.68. The van der Waals surface area contributed by atoms with E-state index >= 15 is 0 Å². The minimum Gasteiger partial charge on any atom is -0.378 e. The van der Waals surface area contributed by atoms with Gasteiger partial charge in [-0.3, -0.25) is 4.79 Å². The smallest absolute Gasteiger partial charge is 0.270 e. The number of hydrogen-bond donors (Lipinski definition) is 1. The van der Waals surface area contributed by atoms with Crippen LogP contribution in [0.25, 0.3) is 0 Å². The Kier molecular flexibility index (Phi) is 6.83. The van der Waals surface area contributed by atoms with Crippen molar-refractivity contribution in [2.24, 2.45) is 0 Å². The molecule has 8 heteroatoms. The number of nitrogens with one attached hydrogen (secondary N) is 1. The van der Waals surface area contributed by atoms with Gasteiger partial charge in [0, 0.05) is 30.4 Å². The zero-order valence-corrected chi connectivity index (χ0v) is 17.2. The van der Waals surface area contributed by atoms with Crippen LogP contribution in [0.5, 0.6) is 0 Å². The minimum absolute atomic E-state index is 0.00398. The van der Waals surface area contributed by atoms with Crippen molar-refractivity contribution >= 4 is 23.5 Å². The molecule has 2 aromatic rings. The van der Waals surface area contributed by atoms with E-state index in [-0.39, 0.29) is 11.9 Å². The van der Waals surface area contributed by atoms with Crippen LogP contribution in [-0.2, 0) is 4.74 Å². The number of likely N-dealkylation sites (N-methyl/N-ethyl adjacent to an activating group) is 1. The van der Waals surface area contributed by atoms with Gasteiger partial charge in [0.2, 0.25) is 5.95 Å². The van der Waals surface area contributed by atoms with Crippen molar-refractivity contribution in [1.29, 1.82) is 0 Å². The maximum atomic E-state index is 12.8. The predicted molar refractivity (Wildman–Crippen MR) is 110 cm³/mol. The summed E-state index contributed by atoms with van der Waals surface area (Å²) in [5.41, 5.74) is 2.18. The SMILES string of the molecule is Cc1cc(C(=O)NC[C@@H](c2cccc(Cl)c2)N(C)C)nc(N2CCOCC2)n1. The number of nitrogens with zero attached hydrogens (tertiary/aromatic N) is 4. The zero-order valence-electron chi connectivity index (χ0n) is 16.5. The highest BCUT2D eigenvalue weighted by molar-refractivity contribution is 6.30. The number of ether oxygens (including phenoxy) is 1. The summed E-state index contributed by atoms with van der Waals surface area (Å²) in [6, 6.07) is 9.40. The van der Waals surface area contributed by atoms with E-state index in [0.717, 1.165) is 24.3 Å². The molecule has 0 spiro atoms. The molecule has 0 bridgehead atoms. The average Bonchev–Trinajstić information content (AvgIpc) is 2.68. The van der Waals surface area contributed by atoms with Gasteiger partial charge in [-0.2, -0.15) is 0 Å². The summed E-state index contributed by atoms with van der Waals surface area (Å²) >= 11 is 6.12. The van der Waals surface area contributed by atoms with E-state index in [4.69, 9.17) is 16.3 Å². The maximum absolute atomic E-state index is 12.8. The van der Waals surface area contributed by atoms with Gasteiger partial charge in [0.15, 0.2) is 0 Å². The molecular weight excluding hydrogens is 378 g/mol. The molecular formula is C20H26ClN5O2. The Morgan fingerprint density at radius 3 is 2.71 bits per heavy atom. The van der Waals surface area contributed by atoms with Crippen LogP contribution >= 0.6 is 11.6 Å². The monoisotopic (exact) mass is 403 g/mol. The number of benzene rings is 1. The predicted octanol–water partition coefficient (Wildman–Crippen LogP) is 2.31. The lowest BCUT2D eigenvalue weighted by atomic mass is 10.1. The molecule has 0 aliphatic carbocycles. The highest BCUT2D eigenvalue weighted by Crippen LogP contribution is 2.21. The number of carbonyl (C=O) groups excluding carboxylic acids is 1. The molecule has 1 saturated heterocycles.